The van der Waals surface area contributed by atoms with E-state index in [1.54, 1.807) is 0 Å². The molecule has 0 saturated heterocycles. The Morgan fingerprint density at radius 3 is 1.77 bits per heavy atom. The zero-order valence-corrected chi connectivity index (χ0v) is 14.5. The number of carboxylic acids is 2. The number of rotatable bonds is 9. The van der Waals surface area contributed by atoms with Crippen LogP contribution in [0.3, 0.4) is 0 Å². The standard InChI is InChI=1S/C12H26O5Si2.3CH4/c1-18(2,3)17-19(4,5)8-6-7-10(12(15)16)9-11(13)14;;;/h10H,6-9H2,1-5H3,(H,13,14)(H,15,16);3*1H4. The van der Waals surface area contributed by atoms with Crippen molar-refractivity contribution in [2.45, 2.75) is 80.3 Å². The quantitative estimate of drug-likeness (QED) is 0.575. The summed E-state index contributed by atoms with van der Waals surface area (Å²) in [4.78, 5) is 21.5. The smallest absolute Gasteiger partial charge is 0.307 e. The summed E-state index contributed by atoms with van der Waals surface area (Å²) in [5, 5.41) is 17.6. The third-order valence-corrected chi connectivity index (χ3v) is 8.90. The fourth-order valence-electron chi connectivity index (χ4n) is 2.18. The van der Waals surface area contributed by atoms with Crippen LogP contribution in [0.4, 0.5) is 0 Å². The van der Waals surface area contributed by atoms with Gasteiger partial charge in [-0.05, 0) is 45.2 Å². The molecule has 0 rings (SSSR count). The average molecular weight is 355 g/mol. The topological polar surface area (TPSA) is 83.8 Å². The second-order valence-corrected chi connectivity index (χ2v) is 15.6. The Bertz CT molecular complexity index is 324. The molecule has 1 atom stereocenters. The molecule has 0 aromatic heterocycles. The van der Waals surface area contributed by atoms with E-state index in [-0.39, 0.29) is 28.7 Å². The molecule has 0 aliphatic rings. The summed E-state index contributed by atoms with van der Waals surface area (Å²) < 4.78 is 6.16. The van der Waals surface area contributed by atoms with E-state index in [4.69, 9.17) is 14.3 Å². The summed E-state index contributed by atoms with van der Waals surface area (Å²) in [6.07, 6.45) is 0.827. The van der Waals surface area contributed by atoms with Crippen molar-refractivity contribution in [3.63, 3.8) is 0 Å². The second-order valence-electron chi connectivity index (χ2n) is 6.50. The molecule has 1 unspecified atom stereocenters. The van der Waals surface area contributed by atoms with Crippen molar-refractivity contribution >= 4 is 28.6 Å². The number of carbonyl (C=O) groups is 2. The molecule has 0 spiro atoms. The molecule has 5 nitrogen and oxygen atoms in total. The van der Waals surface area contributed by atoms with Gasteiger partial charge >= 0.3 is 11.9 Å². The molecule has 0 aromatic carbocycles. The molecule has 0 aromatic rings. The minimum atomic E-state index is -1.76. The number of hydrogen-bond acceptors (Lipinski definition) is 3. The molecule has 0 saturated carbocycles. The van der Waals surface area contributed by atoms with Gasteiger partial charge in [-0.2, -0.15) is 0 Å². The highest BCUT2D eigenvalue weighted by atomic mass is 28.4. The van der Waals surface area contributed by atoms with Gasteiger partial charge in [0.1, 0.15) is 0 Å². The molecular weight excluding hydrogens is 316 g/mol. The van der Waals surface area contributed by atoms with Crippen molar-refractivity contribution in [3.8, 4) is 0 Å². The predicted octanol–water partition coefficient (Wildman–Crippen LogP) is 4.91. The van der Waals surface area contributed by atoms with Crippen LogP contribution in [-0.4, -0.2) is 38.8 Å². The first-order chi connectivity index (χ1) is 8.43. The van der Waals surface area contributed by atoms with E-state index in [2.05, 4.69) is 32.7 Å². The van der Waals surface area contributed by atoms with Crippen LogP contribution >= 0.6 is 0 Å². The highest BCUT2D eigenvalue weighted by Gasteiger charge is 2.30. The zero-order valence-electron chi connectivity index (χ0n) is 12.5. The van der Waals surface area contributed by atoms with Gasteiger partial charge in [0.25, 0.3) is 0 Å². The van der Waals surface area contributed by atoms with E-state index in [0.29, 0.717) is 12.8 Å². The van der Waals surface area contributed by atoms with E-state index < -0.39 is 34.5 Å². The molecule has 7 heteroatoms. The number of aliphatic carboxylic acids is 2. The van der Waals surface area contributed by atoms with Gasteiger partial charge in [0.15, 0.2) is 16.6 Å². The third kappa shape index (κ3) is 15.7. The lowest BCUT2D eigenvalue weighted by Crippen LogP contribution is -2.42. The van der Waals surface area contributed by atoms with E-state index in [0.717, 1.165) is 6.04 Å². The van der Waals surface area contributed by atoms with Gasteiger partial charge in [-0.3, -0.25) is 9.59 Å². The molecule has 0 heterocycles. The van der Waals surface area contributed by atoms with Crippen LogP contribution < -0.4 is 0 Å². The Morgan fingerprint density at radius 2 is 1.45 bits per heavy atom. The maximum Gasteiger partial charge on any atom is 0.307 e. The highest BCUT2D eigenvalue weighted by molar-refractivity contribution is 6.84. The molecule has 0 aliphatic carbocycles. The van der Waals surface area contributed by atoms with Crippen LogP contribution in [0.25, 0.3) is 0 Å². The summed E-state index contributed by atoms with van der Waals surface area (Å²) in [6.45, 7) is 10.7. The SMILES string of the molecule is C.C.C.C[Si](C)(C)O[Si](C)(C)CCCC(CC(=O)O)C(=O)O. The summed E-state index contributed by atoms with van der Waals surface area (Å²) in [5.41, 5.74) is 0. The highest BCUT2D eigenvalue weighted by Crippen LogP contribution is 2.23. The van der Waals surface area contributed by atoms with Crippen LogP contribution in [0, 0.1) is 5.92 Å². The van der Waals surface area contributed by atoms with Gasteiger partial charge in [0.05, 0.1) is 12.3 Å². The Kier molecular flexibility index (Phi) is 15.8. The van der Waals surface area contributed by atoms with E-state index in [9.17, 15) is 9.59 Å². The van der Waals surface area contributed by atoms with Gasteiger partial charge in [0, 0.05) is 0 Å². The number of carboxylic acid groups (broad SMARTS) is 2. The Balaban J connectivity index is -0.000000540. The van der Waals surface area contributed by atoms with Gasteiger partial charge in [0.2, 0.25) is 0 Å². The molecule has 0 bridgehead atoms. The summed E-state index contributed by atoms with van der Waals surface area (Å²) in [7, 11) is -3.33. The summed E-state index contributed by atoms with van der Waals surface area (Å²) >= 11 is 0. The van der Waals surface area contributed by atoms with Crippen LogP contribution in [0.5, 0.6) is 0 Å². The van der Waals surface area contributed by atoms with Gasteiger partial charge in [-0.25, -0.2) is 0 Å². The van der Waals surface area contributed by atoms with Crippen molar-refractivity contribution in [1.29, 1.82) is 0 Å². The molecule has 0 aliphatic heterocycles. The van der Waals surface area contributed by atoms with Crippen LogP contribution in [-0.2, 0) is 13.7 Å². The Morgan fingerprint density at radius 1 is 1.00 bits per heavy atom. The second kappa shape index (κ2) is 11.8. The minimum Gasteiger partial charge on any atom is -0.481 e. The molecular formula is C15H38O5Si2. The Labute approximate surface area is 139 Å². The maximum absolute atomic E-state index is 10.9. The minimum absolute atomic E-state index is 0. The fraction of sp³-hybridized carbons (Fsp3) is 0.867. The lowest BCUT2D eigenvalue weighted by Gasteiger charge is -2.31. The first-order valence-corrected chi connectivity index (χ1v) is 13.1. The molecule has 136 valence electrons. The molecule has 0 amide bonds. The molecule has 0 radical (unpaired) electrons. The van der Waals surface area contributed by atoms with Crippen molar-refractivity contribution in [2.75, 3.05) is 0 Å². The third-order valence-electron chi connectivity index (χ3n) is 2.68. The van der Waals surface area contributed by atoms with Crippen molar-refractivity contribution < 1.29 is 23.9 Å². The average Bonchev–Trinajstić information content (AvgIpc) is 2.10. The molecule has 0 fully saturated rings. The maximum atomic E-state index is 10.9. The van der Waals surface area contributed by atoms with Crippen molar-refractivity contribution in [1.82, 2.24) is 0 Å². The number of hydrogen-bond donors (Lipinski definition) is 2. The normalized spacial score (nSPS) is 12.2. The largest absolute Gasteiger partial charge is 0.481 e. The van der Waals surface area contributed by atoms with E-state index in [1.165, 1.54) is 0 Å². The monoisotopic (exact) mass is 354 g/mol. The van der Waals surface area contributed by atoms with E-state index in [1.807, 2.05) is 0 Å². The van der Waals surface area contributed by atoms with E-state index >= 15 is 0 Å². The lowest BCUT2D eigenvalue weighted by molar-refractivity contribution is -0.148. The predicted molar refractivity (Wildman–Crippen MR) is 99.5 cm³/mol. The van der Waals surface area contributed by atoms with Crippen molar-refractivity contribution in [3.05, 3.63) is 0 Å². The summed E-state index contributed by atoms with van der Waals surface area (Å²) in [6, 6.07) is 0.876. The summed E-state index contributed by atoms with van der Waals surface area (Å²) in [5.74, 6) is -2.86. The fourth-order valence-corrected chi connectivity index (χ4v) is 10.3. The van der Waals surface area contributed by atoms with Gasteiger partial charge < -0.3 is 14.3 Å². The van der Waals surface area contributed by atoms with Gasteiger partial charge in [-0.15, -0.1) is 0 Å². The van der Waals surface area contributed by atoms with Crippen LogP contribution in [0.15, 0.2) is 0 Å². The van der Waals surface area contributed by atoms with Crippen LogP contribution in [0.2, 0.25) is 38.8 Å². The van der Waals surface area contributed by atoms with Gasteiger partial charge in [-0.1, -0.05) is 28.7 Å². The first-order valence-electron chi connectivity index (χ1n) is 6.58. The van der Waals surface area contributed by atoms with Crippen molar-refractivity contribution in [2.24, 2.45) is 5.92 Å². The first kappa shape index (κ1) is 29.4. The van der Waals surface area contributed by atoms with Crippen LogP contribution in [0.1, 0.15) is 41.5 Å². The lowest BCUT2D eigenvalue weighted by atomic mass is 10.0. The Hall–Kier alpha value is -0.666. The molecule has 2 N–H and O–H groups in total. The molecule has 22 heavy (non-hydrogen) atoms. The zero-order chi connectivity index (χ0) is 15.3.